The molecule has 4 aromatic carbocycles. The molecule has 0 aliphatic heterocycles. The number of para-hydroxylation sites is 1. The molecule has 1 aliphatic rings. The molecule has 0 amide bonds. The number of aromatic nitrogens is 1. The zero-order valence-corrected chi connectivity index (χ0v) is 24.7. The quantitative estimate of drug-likeness (QED) is 0.150. The first kappa shape index (κ1) is 28.4. The lowest BCUT2D eigenvalue weighted by molar-refractivity contribution is -0.142. The fraction of sp³-hybridized carbons (Fsp3) is 0.270. The van der Waals surface area contributed by atoms with E-state index in [-0.39, 0.29) is 12.7 Å². The van der Waals surface area contributed by atoms with Gasteiger partial charge in [0, 0.05) is 11.7 Å². The van der Waals surface area contributed by atoms with Gasteiger partial charge in [-0.05, 0) is 91.1 Å². The highest BCUT2D eigenvalue weighted by Crippen LogP contribution is 2.42. The first-order chi connectivity index (χ1) is 21.0. The van der Waals surface area contributed by atoms with E-state index in [0.717, 1.165) is 51.9 Å². The average Bonchev–Trinajstić information content (AvgIpc) is 3.74. The first-order valence-electron chi connectivity index (χ1n) is 14.9. The molecular weight excluding hydrogens is 538 g/mol. The molecule has 1 saturated carbocycles. The van der Waals surface area contributed by atoms with Gasteiger partial charge in [-0.3, -0.25) is 0 Å². The Morgan fingerprint density at radius 2 is 1.53 bits per heavy atom. The lowest BCUT2D eigenvalue weighted by atomic mass is 9.83. The molecule has 6 heteroatoms. The number of benzene rings is 4. The summed E-state index contributed by atoms with van der Waals surface area (Å²) in [6.07, 6.45) is 6.79. The van der Waals surface area contributed by atoms with E-state index in [1.165, 1.54) is 20.0 Å². The van der Waals surface area contributed by atoms with Crippen LogP contribution in [0, 0.1) is 0 Å². The van der Waals surface area contributed by atoms with Gasteiger partial charge in [-0.1, -0.05) is 66.7 Å². The molecule has 6 nitrogen and oxygen atoms in total. The second-order valence-electron chi connectivity index (χ2n) is 11.2. The van der Waals surface area contributed by atoms with Crippen molar-refractivity contribution in [2.75, 3.05) is 13.7 Å². The molecule has 1 unspecified atom stereocenters. The number of ether oxygens (including phenoxy) is 4. The second kappa shape index (κ2) is 12.7. The third-order valence-corrected chi connectivity index (χ3v) is 8.42. The Labute approximate surface area is 252 Å². The maximum atomic E-state index is 11.6. The minimum atomic E-state index is -0.601. The summed E-state index contributed by atoms with van der Waals surface area (Å²) < 4.78 is 25.7. The fourth-order valence-electron chi connectivity index (χ4n) is 5.94. The van der Waals surface area contributed by atoms with Gasteiger partial charge in [0.2, 0.25) is 0 Å². The van der Waals surface area contributed by atoms with Crippen LogP contribution >= 0.6 is 0 Å². The number of fused-ring (bicyclic) bond motifs is 1. The van der Waals surface area contributed by atoms with Crippen LogP contribution in [-0.4, -0.2) is 30.4 Å². The number of hydrogen-bond acceptors (Lipinski definition) is 5. The number of carbonyl (C=O) groups excluding carboxylic acids is 1. The molecule has 0 N–H and O–H groups in total. The van der Waals surface area contributed by atoms with E-state index in [1.807, 2.05) is 36.4 Å². The summed E-state index contributed by atoms with van der Waals surface area (Å²) in [6, 6.07) is 35.0. The van der Waals surface area contributed by atoms with Crippen molar-refractivity contribution in [3.63, 3.8) is 0 Å². The van der Waals surface area contributed by atoms with Gasteiger partial charge in [0.15, 0.2) is 18.1 Å². The fourth-order valence-corrected chi connectivity index (χ4v) is 5.94. The third kappa shape index (κ3) is 6.09. The Bertz CT molecular complexity index is 1670. The highest BCUT2D eigenvalue weighted by atomic mass is 16.6. The lowest BCUT2D eigenvalue weighted by Gasteiger charge is -2.35. The summed E-state index contributed by atoms with van der Waals surface area (Å²) in [4.78, 5) is 11.6. The van der Waals surface area contributed by atoms with Gasteiger partial charge in [0.25, 0.3) is 0 Å². The predicted octanol–water partition coefficient (Wildman–Crippen LogP) is 7.91. The van der Waals surface area contributed by atoms with Crippen LogP contribution in [0.5, 0.6) is 17.2 Å². The number of nitrogens with zero attached hydrogens (tertiary/aromatic N) is 1. The average molecular weight is 576 g/mol. The first-order valence-corrected chi connectivity index (χ1v) is 14.9. The molecule has 1 atom stereocenters. The van der Waals surface area contributed by atoms with Crippen LogP contribution in [0.3, 0.4) is 0 Å². The van der Waals surface area contributed by atoms with Gasteiger partial charge in [0.05, 0.1) is 18.8 Å². The maximum absolute atomic E-state index is 11.6. The molecule has 1 fully saturated rings. The van der Waals surface area contributed by atoms with Crippen LogP contribution < -0.4 is 14.2 Å². The van der Waals surface area contributed by atoms with E-state index in [1.54, 1.807) is 0 Å². The molecular formula is C37H37NO5. The van der Waals surface area contributed by atoms with Crippen molar-refractivity contribution in [3.8, 4) is 17.2 Å². The van der Waals surface area contributed by atoms with Crippen LogP contribution in [-0.2, 0) is 21.7 Å². The number of esters is 1. The van der Waals surface area contributed by atoms with Gasteiger partial charge in [-0.2, -0.15) is 0 Å². The summed E-state index contributed by atoms with van der Waals surface area (Å²) in [5.41, 5.74) is 3.76. The smallest absolute Gasteiger partial charge is 0.343 e. The summed E-state index contributed by atoms with van der Waals surface area (Å²) >= 11 is 0. The molecule has 0 saturated heterocycles. The van der Waals surface area contributed by atoms with Gasteiger partial charge >= 0.3 is 5.97 Å². The topological polar surface area (TPSA) is 58.9 Å². The van der Waals surface area contributed by atoms with Gasteiger partial charge in [-0.25, -0.2) is 4.79 Å². The molecule has 220 valence electrons. The summed E-state index contributed by atoms with van der Waals surface area (Å²) in [5, 5.41) is 1.16. The lowest BCUT2D eigenvalue weighted by Crippen LogP contribution is -2.32. The SMILES string of the molecule is COC(=O)COc1ccc(C(C)(c2ccc(OCc3ccccc3)c(OC3CCCC3)c2)n2ccc3ccccc32)cc1. The van der Waals surface area contributed by atoms with Crippen molar-refractivity contribution in [2.45, 2.75) is 50.9 Å². The Kier molecular flexibility index (Phi) is 8.36. The molecule has 1 aliphatic carbocycles. The number of carbonyl (C=O) groups is 1. The predicted molar refractivity (Wildman–Crippen MR) is 168 cm³/mol. The number of hydrogen-bond donors (Lipinski definition) is 0. The second-order valence-corrected chi connectivity index (χ2v) is 11.2. The van der Waals surface area contributed by atoms with E-state index in [9.17, 15) is 4.79 Å². The zero-order valence-electron chi connectivity index (χ0n) is 24.7. The number of rotatable bonds is 11. The molecule has 5 aromatic rings. The van der Waals surface area contributed by atoms with E-state index in [4.69, 9.17) is 18.9 Å². The van der Waals surface area contributed by atoms with Crippen molar-refractivity contribution in [3.05, 3.63) is 126 Å². The van der Waals surface area contributed by atoms with Crippen molar-refractivity contribution >= 4 is 16.9 Å². The minimum absolute atomic E-state index is 0.137. The van der Waals surface area contributed by atoms with Crippen LogP contribution in [0.1, 0.15) is 49.3 Å². The van der Waals surface area contributed by atoms with Crippen molar-refractivity contribution in [2.24, 2.45) is 0 Å². The van der Waals surface area contributed by atoms with E-state index in [0.29, 0.717) is 12.4 Å². The van der Waals surface area contributed by atoms with Crippen LogP contribution in [0.15, 0.2) is 109 Å². The van der Waals surface area contributed by atoms with Gasteiger partial charge in [0.1, 0.15) is 12.4 Å². The van der Waals surface area contributed by atoms with E-state index >= 15 is 0 Å². The Hall–Kier alpha value is -4.71. The summed E-state index contributed by atoms with van der Waals surface area (Å²) in [7, 11) is 1.35. The summed E-state index contributed by atoms with van der Waals surface area (Å²) in [6.45, 7) is 2.55. The normalized spacial score (nSPS) is 14.7. The molecule has 1 aromatic heterocycles. The Morgan fingerprint density at radius 1 is 0.814 bits per heavy atom. The van der Waals surface area contributed by atoms with Crippen LogP contribution in [0.25, 0.3) is 10.9 Å². The number of methoxy groups -OCH3 is 1. The van der Waals surface area contributed by atoms with E-state index in [2.05, 4.69) is 84.4 Å². The van der Waals surface area contributed by atoms with Gasteiger partial charge in [-0.15, -0.1) is 0 Å². The largest absolute Gasteiger partial charge is 0.487 e. The third-order valence-electron chi connectivity index (χ3n) is 8.42. The molecule has 1 heterocycles. The molecule has 0 radical (unpaired) electrons. The van der Waals surface area contributed by atoms with E-state index < -0.39 is 11.5 Å². The van der Waals surface area contributed by atoms with Crippen molar-refractivity contribution in [1.82, 2.24) is 4.57 Å². The Balaban J connectivity index is 1.42. The highest BCUT2D eigenvalue weighted by Gasteiger charge is 2.33. The van der Waals surface area contributed by atoms with Crippen molar-refractivity contribution in [1.29, 1.82) is 0 Å². The monoisotopic (exact) mass is 575 g/mol. The molecule has 6 rings (SSSR count). The molecule has 0 spiro atoms. The van der Waals surface area contributed by atoms with Crippen LogP contribution in [0.2, 0.25) is 0 Å². The minimum Gasteiger partial charge on any atom is -0.487 e. The van der Waals surface area contributed by atoms with Crippen molar-refractivity contribution < 1.29 is 23.7 Å². The molecule has 0 bridgehead atoms. The standard InChI is InChI=1S/C37H37NO5/c1-37(38-23-22-28-12-6-9-15-33(28)38,29-16-19-31(20-17-29)41-26-36(39)40-2)30-18-21-34(42-25-27-10-4-3-5-11-27)35(24-30)43-32-13-7-8-14-32/h3-6,9-12,15-24,32H,7-8,13-14,25-26H2,1-2H3. The maximum Gasteiger partial charge on any atom is 0.343 e. The van der Waals surface area contributed by atoms with Gasteiger partial charge < -0.3 is 23.5 Å². The summed E-state index contributed by atoms with van der Waals surface area (Å²) in [5.74, 6) is 1.69. The van der Waals surface area contributed by atoms with Crippen LogP contribution in [0.4, 0.5) is 0 Å². The molecule has 43 heavy (non-hydrogen) atoms. The zero-order chi connectivity index (χ0) is 29.6. The highest BCUT2D eigenvalue weighted by molar-refractivity contribution is 5.81. The Morgan fingerprint density at radius 3 is 2.30 bits per heavy atom.